The molecule has 0 unspecified atom stereocenters. The lowest BCUT2D eigenvalue weighted by Crippen LogP contribution is -2.40. The van der Waals surface area contributed by atoms with E-state index < -0.39 is 11.7 Å². The van der Waals surface area contributed by atoms with E-state index in [-0.39, 0.29) is 22.5 Å². The van der Waals surface area contributed by atoms with Gasteiger partial charge in [-0.1, -0.05) is 42.2 Å². The van der Waals surface area contributed by atoms with E-state index in [9.17, 15) is 18.0 Å². The molecule has 1 aliphatic rings. The molecule has 1 atom stereocenters. The van der Waals surface area contributed by atoms with Crippen molar-refractivity contribution in [3.05, 3.63) is 29.8 Å². The van der Waals surface area contributed by atoms with Gasteiger partial charge in [0.25, 0.3) is 0 Å². The van der Waals surface area contributed by atoms with Crippen LogP contribution >= 0.6 is 23.1 Å². The summed E-state index contributed by atoms with van der Waals surface area (Å²) in [6.07, 6.45) is -2.30. The zero-order chi connectivity index (χ0) is 19.4. The molecule has 2 aromatic rings. The third-order valence-electron chi connectivity index (χ3n) is 4.21. The molecule has 5 nitrogen and oxygen atoms in total. The van der Waals surface area contributed by atoms with E-state index in [1.807, 2.05) is 4.90 Å². The molecule has 1 aromatic heterocycles. The number of hydrogen-bond acceptors (Lipinski definition) is 6. The first-order valence-corrected chi connectivity index (χ1v) is 10.3. The molecule has 10 heteroatoms. The van der Waals surface area contributed by atoms with E-state index in [4.69, 9.17) is 0 Å². The molecule has 1 amide bonds. The standard InChI is InChI=1S/C17H19F3N4OS2/c1-11-5-4-8-24(9-11)14(25)10-26-16-23-22-15(27-16)21-13-7-3-2-6-12(13)17(18,19)20/h2-3,6-7,11H,4-5,8-10H2,1H3,(H,21,22)/t11-/m0/s1. The van der Waals surface area contributed by atoms with Crippen molar-refractivity contribution < 1.29 is 18.0 Å². The fraction of sp³-hybridized carbons (Fsp3) is 0.471. The second-order valence-electron chi connectivity index (χ2n) is 6.42. The maximum atomic E-state index is 13.1. The summed E-state index contributed by atoms with van der Waals surface area (Å²) in [6.45, 7) is 3.69. The van der Waals surface area contributed by atoms with Crippen molar-refractivity contribution in [1.82, 2.24) is 15.1 Å². The smallest absolute Gasteiger partial charge is 0.342 e. The largest absolute Gasteiger partial charge is 0.418 e. The van der Waals surface area contributed by atoms with Gasteiger partial charge in [-0.25, -0.2) is 0 Å². The first kappa shape index (κ1) is 19.9. The van der Waals surface area contributed by atoms with Gasteiger partial charge in [-0.3, -0.25) is 4.79 Å². The third-order valence-corrected chi connectivity index (χ3v) is 6.17. The van der Waals surface area contributed by atoms with E-state index in [0.717, 1.165) is 43.3 Å². The van der Waals surface area contributed by atoms with Crippen LogP contribution in [0.5, 0.6) is 0 Å². The summed E-state index contributed by atoms with van der Waals surface area (Å²) in [4.78, 5) is 14.2. The van der Waals surface area contributed by atoms with Crippen molar-refractivity contribution in [2.24, 2.45) is 5.92 Å². The van der Waals surface area contributed by atoms with E-state index in [1.54, 1.807) is 0 Å². The number of thioether (sulfide) groups is 1. The summed E-state index contributed by atoms with van der Waals surface area (Å²) < 4.78 is 39.7. The summed E-state index contributed by atoms with van der Waals surface area (Å²) >= 11 is 2.38. The molecule has 0 saturated carbocycles. The molecular weight excluding hydrogens is 397 g/mol. The van der Waals surface area contributed by atoms with Crippen LogP contribution in [0.1, 0.15) is 25.3 Å². The molecule has 1 N–H and O–H groups in total. The maximum Gasteiger partial charge on any atom is 0.418 e. The lowest BCUT2D eigenvalue weighted by molar-refractivity contribution is -0.137. The Bertz CT molecular complexity index is 796. The van der Waals surface area contributed by atoms with E-state index >= 15 is 0 Å². The summed E-state index contributed by atoms with van der Waals surface area (Å²) in [5.41, 5.74) is -0.833. The van der Waals surface area contributed by atoms with Gasteiger partial charge < -0.3 is 10.2 Å². The number of halogens is 3. The van der Waals surface area contributed by atoms with Crippen molar-refractivity contribution >= 4 is 39.8 Å². The van der Waals surface area contributed by atoms with E-state index in [1.165, 1.54) is 30.0 Å². The molecule has 1 saturated heterocycles. The van der Waals surface area contributed by atoms with Crippen molar-refractivity contribution in [2.45, 2.75) is 30.3 Å². The van der Waals surface area contributed by atoms with Crippen LogP contribution in [0.4, 0.5) is 24.0 Å². The van der Waals surface area contributed by atoms with Gasteiger partial charge >= 0.3 is 6.18 Å². The van der Waals surface area contributed by atoms with Gasteiger partial charge in [0.1, 0.15) is 0 Å². The third kappa shape index (κ3) is 5.35. The normalized spacial score (nSPS) is 17.8. The number of piperidine rings is 1. The van der Waals surface area contributed by atoms with Gasteiger partial charge in [-0.15, -0.1) is 10.2 Å². The summed E-state index contributed by atoms with van der Waals surface area (Å²) in [5, 5.41) is 10.8. The number of aromatic nitrogens is 2. The molecule has 1 aliphatic heterocycles. The molecule has 0 aliphatic carbocycles. The van der Waals surface area contributed by atoms with Gasteiger partial charge in [-0.2, -0.15) is 13.2 Å². The number of likely N-dealkylation sites (tertiary alicyclic amines) is 1. The monoisotopic (exact) mass is 416 g/mol. The Labute approximate surface area is 163 Å². The van der Waals surface area contributed by atoms with Crippen LogP contribution in [0.15, 0.2) is 28.6 Å². The summed E-state index contributed by atoms with van der Waals surface area (Å²) in [7, 11) is 0. The average molecular weight is 416 g/mol. The molecule has 146 valence electrons. The highest BCUT2D eigenvalue weighted by Crippen LogP contribution is 2.37. The number of benzene rings is 1. The highest BCUT2D eigenvalue weighted by atomic mass is 32.2. The van der Waals surface area contributed by atoms with Crippen molar-refractivity contribution in [2.75, 3.05) is 24.2 Å². The number of anilines is 2. The quantitative estimate of drug-likeness (QED) is 0.719. The number of para-hydroxylation sites is 1. The number of hydrogen-bond donors (Lipinski definition) is 1. The molecule has 27 heavy (non-hydrogen) atoms. The molecule has 0 radical (unpaired) electrons. The minimum atomic E-state index is -4.45. The fourth-order valence-electron chi connectivity index (χ4n) is 2.90. The van der Waals surface area contributed by atoms with Crippen LogP contribution in [0.2, 0.25) is 0 Å². The van der Waals surface area contributed by atoms with Crippen molar-refractivity contribution in [3.8, 4) is 0 Å². The number of nitrogens with one attached hydrogen (secondary N) is 1. The Balaban J connectivity index is 1.59. The van der Waals surface area contributed by atoms with Crippen molar-refractivity contribution in [3.63, 3.8) is 0 Å². The zero-order valence-corrected chi connectivity index (χ0v) is 16.3. The Morgan fingerprint density at radius 3 is 2.89 bits per heavy atom. The highest BCUT2D eigenvalue weighted by molar-refractivity contribution is 8.01. The average Bonchev–Trinajstić information content (AvgIpc) is 3.06. The number of carbonyl (C=O) groups is 1. The number of rotatable bonds is 5. The van der Waals surface area contributed by atoms with Gasteiger partial charge in [0.05, 0.1) is 17.0 Å². The van der Waals surface area contributed by atoms with Gasteiger partial charge in [-0.05, 0) is 30.9 Å². The lowest BCUT2D eigenvalue weighted by Gasteiger charge is -2.30. The van der Waals surface area contributed by atoms with Crippen LogP contribution in [0.3, 0.4) is 0 Å². The minimum absolute atomic E-state index is 0.0543. The van der Waals surface area contributed by atoms with E-state index in [2.05, 4.69) is 22.4 Å². The van der Waals surface area contributed by atoms with Gasteiger partial charge in [0.15, 0.2) is 4.34 Å². The molecule has 1 aromatic carbocycles. The second-order valence-corrected chi connectivity index (χ2v) is 8.62. The number of alkyl halides is 3. The highest BCUT2D eigenvalue weighted by Gasteiger charge is 2.33. The van der Waals surface area contributed by atoms with Crippen LogP contribution < -0.4 is 5.32 Å². The molecule has 0 spiro atoms. The van der Waals surface area contributed by atoms with Crippen LogP contribution in [0.25, 0.3) is 0 Å². The van der Waals surface area contributed by atoms with Crippen LogP contribution in [0, 0.1) is 5.92 Å². The van der Waals surface area contributed by atoms with E-state index in [0.29, 0.717) is 10.3 Å². The Kier molecular flexibility index (Phi) is 6.25. The van der Waals surface area contributed by atoms with Gasteiger partial charge in [0.2, 0.25) is 11.0 Å². The lowest BCUT2D eigenvalue weighted by atomic mass is 10.0. The summed E-state index contributed by atoms with van der Waals surface area (Å²) in [6, 6.07) is 5.21. The Hall–Kier alpha value is -1.81. The first-order chi connectivity index (χ1) is 12.8. The summed E-state index contributed by atoms with van der Waals surface area (Å²) in [5.74, 6) is 0.818. The molecule has 0 bridgehead atoms. The fourth-order valence-corrected chi connectivity index (χ4v) is 4.57. The molecule has 2 heterocycles. The molecule has 1 fully saturated rings. The predicted molar refractivity (Wildman–Crippen MR) is 100 cm³/mol. The predicted octanol–water partition coefficient (Wildman–Crippen LogP) is 4.65. The SMILES string of the molecule is C[C@H]1CCCN(C(=O)CSc2nnc(Nc3ccccc3C(F)(F)F)s2)C1. The van der Waals surface area contributed by atoms with Crippen LogP contribution in [-0.2, 0) is 11.0 Å². The maximum absolute atomic E-state index is 13.1. The zero-order valence-electron chi connectivity index (χ0n) is 14.6. The van der Waals surface area contributed by atoms with Crippen LogP contribution in [-0.4, -0.2) is 39.8 Å². The molecule has 3 rings (SSSR count). The Morgan fingerprint density at radius 2 is 2.15 bits per heavy atom. The first-order valence-electron chi connectivity index (χ1n) is 8.50. The number of amides is 1. The van der Waals surface area contributed by atoms with Crippen molar-refractivity contribution in [1.29, 1.82) is 0 Å². The van der Waals surface area contributed by atoms with Gasteiger partial charge in [0, 0.05) is 13.1 Å². The number of nitrogens with zero attached hydrogens (tertiary/aromatic N) is 3. The minimum Gasteiger partial charge on any atom is -0.342 e. The Morgan fingerprint density at radius 1 is 1.37 bits per heavy atom. The number of carbonyl (C=O) groups excluding carboxylic acids is 1. The second kappa shape index (κ2) is 8.47. The molecular formula is C17H19F3N4OS2. The topological polar surface area (TPSA) is 58.1 Å².